The van der Waals surface area contributed by atoms with Crippen LogP contribution in [0.15, 0.2) is 10.5 Å². The zero-order valence-corrected chi connectivity index (χ0v) is 15.7. The fourth-order valence-corrected chi connectivity index (χ4v) is 4.57. The molecule has 2 rings (SSSR count). The first-order valence-electron chi connectivity index (χ1n) is 8.04. The van der Waals surface area contributed by atoms with E-state index in [2.05, 4.69) is 35.8 Å². The largest absolute Gasteiger partial charge is 0.496 e. The van der Waals surface area contributed by atoms with Crippen molar-refractivity contribution in [3.8, 4) is 5.75 Å². The zero-order chi connectivity index (χ0) is 15.4. The molecule has 1 saturated carbocycles. The number of aryl methyl sites for hydroxylation is 1. The average Bonchev–Trinajstić information content (AvgIpc) is 2.41. The molecule has 0 heterocycles. The lowest BCUT2D eigenvalue weighted by Crippen LogP contribution is -2.13. The van der Waals surface area contributed by atoms with Gasteiger partial charge in [0.1, 0.15) is 5.75 Å². The van der Waals surface area contributed by atoms with E-state index in [9.17, 15) is 0 Å². The van der Waals surface area contributed by atoms with Gasteiger partial charge in [-0.3, -0.25) is 0 Å². The third kappa shape index (κ3) is 3.96. The highest BCUT2D eigenvalue weighted by atomic mass is 79.9. The summed E-state index contributed by atoms with van der Waals surface area (Å²) in [7, 11) is 1.75. The molecular formula is C18H26BrClO. The Kier molecular flexibility index (Phi) is 6.43. The fraction of sp³-hybridized carbons (Fsp3) is 0.667. The van der Waals surface area contributed by atoms with Crippen LogP contribution in [0.1, 0.15) is 67.0 Å². The van der Waals surface area contributed by atoms with Crippen LogP contribution in [0.4, 0.5) is 0 Å². The molecule has 0 radical (unpaired) electrons. The van der Waals surface area contributed by atoms with Gasteiger partial charge in [0.25, 0.3) is 0 Å². The number of alkyl halides is 1. The van der Waals surface area contributed by atoms with Crippen LogP contribution in [0.5, 0.6) is 5.75 Å². The molecule has 21 heavy (non-hydrogen) atoms. The summed E-state index contributed by atoms with van der Waals surface area (Å²) in [6.45, 7) is 4.23. The van der Waals surface area contributed by atoms with E-state index in [4.69, 9.17) is 16.3 Å². The molecule has 0 N–H and O–H groups in total. The van der Waals surface area contributed by atoms with E-state index in [0.29, 0.717) is 5.92 Å². The molecular weight excluding hydrogens is 348 g/mol. The Labute approximate surface area is 142 Å². The fourth-order valence-electron chi connectivity index (χ4n) is 3.49. The molecule has 1 aromatic carbocycles. The van der Waals surface area contributed by atoms with Gasteiger partial charge >= 0.3 is 0 Å². The number of benzene rings is 1. The maximum Gasteiger partial charge on any atom is 0.126 e. The lowest BCUT2D eigenvalue weighted by Gasteiger charge is -2.28. The van der Waals surface area contributed by atoms with Gasteiger partial charge in [0, 0.05) is 10.0 Å². The van der Waals surface area contributed by atoms with Gasteiger partial charge in [-0.1, -0.05) is 48.0 Å². The predicted molar refractivity (Wildman–Crippen MR) is 94.6 cm³/mol. The maximum absolute atomic E-state index is 6.94. The van der Waals surface area contributed by atoms with Crippen molar-refractivity contribution in [1.82, 2.24) is 0 Å². The molecule has 1 aliphatic rings. The van der Waals surface area contributed by atoms with Crippen molar-refractivity contribution in [3.63, 3.8) is 0 Å². The van der Waals surface area contributed by atoms with E-state index >= 15 is 0 Å². The summed E-state index contributed by atoms with van der Waals surface area (Å²) in [5.41, 5.74) is 3.57. The van der Waals surface area contributed by atoms with Crippen LogP contribution in [-0.2, 0) is 0 Å². The number of halogens is 2. The van der Waals surface area contributed by atoms with Gasteiger partial charge in [0.15, 0.2) is 0 Å². The van der Waals surface area contributed by atoms with Crippen LogP contribution >= 0.6 is 27.5 Å². The first kappa shape index (κ1) is 17.1. The summed E-state index contributed by atoms with van der Waals surface area (Å²) in [5.74, 6) is 1.53. The van der Waals surface area contributed by atoms with Crippen LogP contribution < -0.4 is 4.74 Å². The molecule has 0 amide bonds. The van der Waals surface area contributed by atoms with Crippen LogP contribution in [0.3, 0.4) is 0 Å². The molecule has 118 valence electrons. The first-order chi connectivity index (χ1) is 10.1. The van der Waals surface area contributed by atoms with E-state index in [1.807, 2.05) is 0 Å². The molecule has 0 bridgehead atoms. The summed E-state index contributed by atoms with van der Waals surface area (Å²) < 4.78 is 6.81. The maximum atomic E-state index is 6.94. The van der Waals surface area contributed by atoms with E-state index in [-0.39, 0.29) is 5.38 Å². The van der Waals surface area contributed by atoms with Gasteiger partial charge in [0.05, 0.1) is 12.5 Å². The molecule has 1 nitrogen and oxygen atoms in total. The third-order valence-electron chi connectivity index (χ3n) is 4.75. The topological polar surface area (TPSA) is 9.23 Å². The van der Waals surface area contributed by atoms with E-state index in [1.54, 1.807) is 7.11 Å². The highest BCUT2D eigenvalue weighted by Gasteiger charge is 2.27. The Balaban J connectivity index is 2.34. The number of hydrogen-bond donors (Lipinski definition) is 0. The van der Waals surface area contributed by atoms with Crippen molar-refractivity contribution in [1.29, 1.82) is 0 Å². The summed E-state index contributed by atoms with van der Waals surface area (Å²) in [5, 5.41) is 0.0502. The van der Waals surface area contributed by atoms with Crippen molar-refractivity contribution in [2.75, 3.05) is 7.11 Å². The van der Waals surface area contributed by atoms with Gasteiger partial charge in [-0.2, -0.15) is 0 Å². The second-order valence-electron chi connectivity index (χ2n) is 6.25. The molecule has 3 heteroatoms. The number of ether oxygens (including phenoxy) is 1. The van der Waals surface area contributed by atoms with E-state index < -0.39 is 0 Å². The average molecular weight is 374 g/mol. The van der Waals surface area contributed by atoms with E-state index in [1.165, 1.54) is 56.1 Å². The highest BCUT2D eigenvalue weighted by Crippen LogP contribution is 2.45. The van der Waals surface area contributed by atoms with Crippen molar-refractivity contribution in [2.45, 2.75) is 64.2 Å². The van der Waals surface area contributed by atoms with Gasteiger partial charge < -0.3 is 4.74 Å². The van der Waals surface area contributed by atoms with Crippen LogP contribution in [0.2, 0.25) is 0 Å². The number of rotatable bonds is 3. The number of methoxy groups -OCH3 is 1. The van der Waals surface area contributed by atoms with E-state index in [0.717, 1.165) is 15.8 Å². The SMILES string of the molecule is COc1c(C)cc(Br)c(C)c1C(Cl)C1CCCCCCC1. The third-order valence-corrected chi connectivity index (χ3v) is 6.15. The smallest absolute Gasteiger partial charge is 0.126 e. The minimum atomic E-state index is 0.0502. The quantitative estimate of drug-likeness (QED) is 0.535. The normalized spacial score (nSPS) is 18.9. The molecule has 0 aliphatic heterocycles. The van der Waals surface area contributed by atoms with Gasteiger partial charge in [0.2, 0.25) is 0 Å². The number of hydrogen-bond acceptors (Lipinski definition) is 1. The van der Waals surface area contributed by atoms with Gasteiger partial charge in [-0.15, -0.1) is 11.6 Å². The molecule has 1 fully saturated rings. The minimum absolute atomic E-state index is 0.0502. The summed E-state index contributed by atoms with van der Waals surface area (Å²) in [6, 6.07) is 2.12. The van der Waals surface area contributed by atoms with Gasteiger partial charge in [-0.05, 0) is 49.8 Å². The molecule has 1 atom stereocenters. The summed E-state index contributed by atoms with van der Waals surface area (Å²) in [6.07, 6.45) is 9.19. The summed E-state index contributed by atoms with van der Waals surface area (Å²) in [4.78, 5) is 0. The Morgan fingerprint density at radius 1 is 1.14 bits per heavy atom. The predicted octanol–water partition coefficient (Wildman–Crippen LogP) is 6.71. The molecule has 1 aromatic rings. The lowest BCUT2D eigenvalue weighted by atomic mass is 9.84. The van der Waals surface area contributed by atoms with Crippen molar-refractivity contribution < 1.29 is 4.74 Å². The Bertz CT molecular complexity index is 479. The molecule has 0 aromatic heterocycles. The summed E-state index contributed by atoms with van der Waals surface area (Å²) >= 11 is 10.6. The Morgan fingerprint density at radius 3 is 2.29 bits per heavy atom. The van der Waals surface area contributed by atoms with Crippen LogP contribution in [0, 0.1) is 19.8 Å². The monoisotopic (exact) mass is 372 g/mol. The second-order valence-corrected chi connectivity index (χ2v) is 7.58. The molecule has 1 unspecified atom stereocenters. The second kappa shape index (κ2) is 7.87. The van der Waals surface area contributed by atoms with Gasteiger partial charge in [-0.25, -0.2) is 0 Å². The molecule has 1 aliphatic carbocycles. The molecule has 0 saturated heterocycles. The Hall–Kier alpha value is -0.210. The van der Waals surface area contributed by atoms with Crippen molar-refractivity contribution in [3.05, 3.63) is 27.2 Å². The van der Waals surface area contributed by atoms with Crippen LogP contribution in [0.25, 0.3) is 0 Å². The first-order valence-corrected chi connectivity index (χ1v) is 9.26. The standard InChI is InChI=1S/C18H26BrClO/c1-12-11-15(19)13(2)16(18(12)21-3)17(20)14-9-7-5-4-6-8-10-14/h11,14,17H,4-10H2,1-3H3. The highest BCUT2D eigenvalue weighted by molar-refractivity contribution is 9.10. The minimum Gasteiger partial charge on any atom is -0.496 e. The zero-order valence-electron chi connectivity index (χ0n) is 13.3. The molecule has 0 spiro atoms. The van der Waals surface area contributed by atoms with Crippen molar-refractivity contribution in [2.24, 2.45) is 5.92 Å². The lowest BCUT2D eigenvalue weighted by molar-refractivity contribution is 0.355. The Morgan fingerprint density at radius 2 is 1.71 bits per heavy atom. The van der Waals surface area contributed by atoms with Crippen LogP contribution in [-0.4, -0.2) is 7.11 Å². The van der Waals surface area contributed by atoms with Crippen molar-refractivity contribution >= 4 is 27.5 Å².